The topological polar surface area (TPSA) is 101 Å². The van der Waals surface area contributed by atoms with E-state index in [0.717, 1.165) is 22.9 Å². The minimum atomic E-state index is -0.772. The molecule has 2 aromatic rings. The van der Waals surface area contributed by atoms with E-state index in [1.807, 2.05) is 13.0 Å². The fourth-order valence-electron chi connectivity index (χ4n) is 2.16. The summed E-state index contributed by atoms with van der Waals surface area (Å²) in [6.07, 6.45) is 8.23. The van der Waals surface area contributed by atoms with Gasteiger partial charge in [0.2, 0.25) is 0 Å². The first-order chi connectivity index (χ1) is 12.5. The lowest BCUT2D eigenvalue weighted by molar-refractivity contribution is -0.135. The Balaban J connectivity index is 2.53. The van der Waals surface area contributed by atoms with Crippen molar-refractivity contribution in [3.8, 4) is 6.07 Å². The van der Waals surface area contributed by atoms with Gasteiger partial charge in [0, 0.05) is 6.54 Å². The summed E-state index contributed by atoms with van der Waals surface area (Å²) in [6, 6.07) is 1.84. The lowest BCUT2D eigenvalue weighted by Gasteiger charge is -2.00. The standard InChI is InChI=1S/C18H18N4O3S/c1-4-9-25-18(24)14(10-19)17-22(5-2)16(23)15(26-17)8-6-7-13-11-20-12(3)21-13/h4,6-8,11H,1,5,9H2,2-3H3,(H,20,21)/b7-6+,15-8-,17-14-. The minimum absolute atomic E-state index is 0.00291. The third kappa shape index (κ3) is 4.26. The van der Waals surface area contributed by atoms with Crippen molar-refractivity contribution in [2.24, 2.45) is 0 Å². The van der Waals surface area contributed by atoms with E-state index < -0.39 is 5.97 Å². The molecule has 2 heterocycles. The number of esters is 1. The number of nitrogens with one attached hydrogen (secondary N) is 1. The molecule has 0 fully saturated rings. The van der Waals surface area contributed by atoms with Crippen molar-refractivity contribution in [1.29, 1.82) is 5.26 Å². The number of hydrogen-bond acceptors (Lipinski definition) is 6. The molecule has 2 rings (SSSR count). The van der Waals surface area contributed by atoms with Crippen molar-refractivity contribution in [2.45, 2.75) is 20.4 Å². The van der Waals surface area contributed by atoms with Crippen LogP contribution in [0, 0.1) is 18.3 Å². The monoisotopic (exact) mass is 370 g/mol. The van der Waals surface area contributed by atoms with Crippen LogP contribution in [0.1, 0.15) is 18.4 Å². The number of aromatic nitrogens is 3. The van der Waals surface area contributed by atoms with Crippen LogP contribution in [0.4, 0.5) is 0 Å². The Labute approximate surface area is 153 Å². The number of H-pyrrole nitrogens is 1. The Hall–Kier alpha value is -3.18. The summed E-state index contributed by atoms with van der Waals surface area (Å²) in [5.74, 6) is 0.0218. The van der Waals surface area contributed by atoms with Gasteiger partial charge in [-0.3, -0.25) is 9.36 Å². The van der Waals surface area contributed by atoms with Gasteiger partial charge in [0.15, 0.2) is 5.57 Å². The predicted octanol–water partition coefficient (Wildman–Crippen LogP) is 0.859. The lowest BCUT2D eigenvalue weighted by atomic mass is 10.3. The van der Waals surface area contributed by atoms with E-state index >= 15 is 0 Å². The van der Waals surface area contributed by atoms with Gasteiger partial charge in [-0.1, -0.05) is 18.7 Å². The highest BCUT2D eigenvalue weighted by Crippen LogP contribution is 1.99. The molecule has 0 aliphatic carbocycles. The molecule has 0 aliphatic rings. The van der Waals surface area contributed by atoms with Crippen LogP contribution in [0.5, 0.6) is 0 Å². The number of nitriles is 1. The number of aromatic amines is 1. The largest absolute Gasteiger partial charge is 0.457 e. The molecular weight excluding hydrogens is 352 g/mol. The van der Waals surface area contributed by atoms with Gasteiger partial charge in [0.25, 0.3) is 5.56 Å². The summed E-state index contributed by atoms with van der Waals surface area (Å²) in [4.78, 5) is 31.7. The molecule has 1 N–H and O–H groups in total. The fourth-order valence-corrected chi connectivity index (χ4v) is 3.26. The molecule has 134 valence electrons. The van der Waals surface area contributed by atoms with Crippen LogP contribution in [-0.4, -0.2) is 27.1 Å². The fraction of sp³-hybridized carbons (Fsp3) is 0.222. The smallest absolute Gasteiger partial charge is 0.352 e. The van der Waals surface area contributed by atoms with Crippen molar-refractivity contribution in [1.82, 2.24) is 14.5 Å². The van der Waals surface area contributed by atoms with E-state index in [-0.39, 0.29) is 22.4 Å². The number of aryl methyl sites for hydroxylation is 1. The molecule has 0 aliphatic heterocycles. The molecule has 0 saturated heterocycles. The SMILES string of the molecule is C=CCOC(=O)/C(C#N)=c1\s/c(=C\C=C\c2cnc(C)[nH]2)c(=O)n1CC. The summed E-state index contributed by atoms with van der Waals surface area (Å²) >= 11 is 1.08. The average molecular weight is 370 g/mol. The summed E-state index contributed by atoms with van der Waals surface area (Å²) in [7, 11) is 0. The maximum atomic E-state index is 12.5. The Bertz CT molecular complexity index is 1060. The summed E-state index contributed by atoms with van der Waals surface area (Å²) in [5, 5.41) is 9.34. The normalized spacial score (nSPS) is 12.9. The molecule has 26 heavy (non-hydrogen) atoms. The lowest BCUT2D eigenvalue weighted by Crippen LogP contribution is -2.32. The van der Waals surface area contributed by atoms with Crippen LogP contribution < -0.4 is 14.8 Å². The first-order valence-corrected chi connectivity index (χ1v) is 8.65. The molecule has 0 saturated carbocycles. The van der Waals surface area contributed by atoms with Gasteiger partial charge in [0.1, 0.15) is 23.2 Å². The maximum absolute atomic E-state index is 12.5. The quantitative estimate of drug-likeness (QED) is 0.600. The Kier molecular flexibility index (Phi) is 6.47. The van der Waals surface area contributed by atoms with Gasteiger partial charge in [0.05, 0.1) is 16.4 Å². The van der Waals surface area contributed by atoms with Crippen molar-refractivity contribution in [3.63, 3.8) is 0 Å². The second-order valence-electron chi connectivity index (χ2n) is 5.14. The molecular formula is C18H18N4O3S. The average Bonchev–Trinajstić information content (AvgIpc) is 3.17. The molecule has 0 amide bonds. The number of thiazole rings is 1. The zero-order chi connectivity index (χ0) is 19.1. The number of carbonyl (C=O) groups excluding carboxylic acids is 1. The van der Waals surface area contributed by atoms with Gasteiger partial charge in [-0.25, -0.2) is 9.78 Å². The number of hydrogen-bond donors (Lipinski definition) is 1. The van der Waals surface area contributed by atoms with Crippen LogP contribution in [0.2, 0.25) is 0 Å². The van der Waals surface area contributed by atoms with Gasteiger partial charge in [-0.2, -0.15) is 5.26 Å². The van der Waals surface area contributed by atoms with E-state index in [0.29, 0.717) is 11.1 Å². The Morgan fingerprint density at radius 3 is 2.92 bits per heavy atom. The Morgan fingerprint density at radius 1 is 1.58 bits per heavy atom. The second kappa shape index (κ2) is 8.78. The summed E-state index contributed by atoms with van der Waals surface area (Å²) in [5.41, 5.74) is 0.356. The summed E-state index contributed by atoms with van der Waals surface area (Å²) in [6.45, 7) is 7.41. The molecule has 8 heteroatoms. The molecule has 0 spiro atoms. The number of allylic oxidation sites excluding steroid dienone is 1. The number of carbonyl (C=O) groups is 1. The zero-order valence-electron chi connectivity index (χ0n) is 14.5. The highest BCUT2D eigenvalue weighted by Gasteiger charge is 2.16. The van der Waals surface area contributed by atoms with Crippen LogP contribution in [0.25, 0.3) is 17.7 Å². The van der Waals surface area contributed by atoms with Crippen LogP contribution >= 0.6 is 11.3 Å². The zero-order valence-corrected chi connectivity index (χ0v) is 15.3. The van der Waals surface area contributed by atoms with Crippen LogP contribution in [0.3, 0.4) is 0 Å². The molecule has 0 unspecified atom stereocenters. The minimum Gasteiger partial charge on any atom is -0.457 e. The van der Waals surface area contributed by atoms with Gasteiger partial charge in [-0.15, -0.1) is 11.3 Å². The van der Waals surface area contributed by atoms with Gasteiger partial charge >= 0.3 is 5.97 Å². The molecule has 2 aromatic heterocycles. The second-order valence-corrected chi connectivity index (χ2v) is 6.18. The van der Waals surface area contributed by atoms with E-state index in [2.05, 4.69) is 16.5 Å². The summed E-state index contributed by atoms with van der Waals surface area (Å²) < 4.78 is 7.01. The number of imidazole rings is 1. The first-order valence-electron chi connectivity index (χ1n) is 7.83. The number of ether oxygens (including phenoxy) is 1. The third-order valence-electron chi connectivity index (χ3n) is 3.33. The van der Waals surface area contributed by atoms with Crippen molar-refractivity contribution in [3.05, 3.63) is 56.0 Å². The molecule has 0 atom stereocenters. The van der Waals surface area contributed by atoms with E-state index in [9.17, 15) is 14.9 Å². The number of nitrogens with zero attached hydrogens (tertiary/aromatic N) is 3. The van der Waals surface area contributed by atoms with Crippen LogP contribution in [0.15, 0.2) is 29.7 Å². The molecule has 0 bridgehead atoms. The molecule has 7 nitrogen and oxygen atoms in total. The third-order valence-corrected chi connectivity index (χ3v) is 4.48. The number of rotatable bonds is 6. The molecule has 0 radical (unpaired) electrons. The van der Waals surface area contributed by atoms with Crippen molar-refractivity contribution in [2.75, 3.05) is 6.61 Å². The van der Waals surface area contributed by atoms with E-state index in [1.165, 1.54) is 10.6 Å². The first kappa shape index (κ1) is 19.1. The highest BCUT2D eigenvalue weighted by molar-refractivity contribution is 7.07. The predicted molar refractivity (Wildman–Crippen MR) is 101 cm³/mol. The van der Waals surface area contributed by atoms with E-state index in [1.54, 1.807) is 31.3 Å². The highest BCUT2D eigenvalue weighted by atomic mass is 32.1. The molecule has 0 aromatic carbocycles. The maximum Gasteiger partial charge on any atom is 0.352 e. The van der Waals surface area contributed by atoms with Crippen molar-refractivity contribution < 1.29 is 9.53 Å². The van der Waals surface area contributed by atoms with Gasteiger partial charge in [-0.05, 0) is 26.0 Å². The van der Waals surface area contributed by atoms with E-state index in [4.69, 9.17) is 4.74 Å². The van der Waals surface area contributed by atoms with Crippen LogP contribution in [-0.2, 0) is 16.1 Å². The van der Waals surface area contributed by atoms with Crippen molar-refractivity contribution >= 4 is 35.0 Å². The Morgan fingerprint density at radius 2 is 2.35 bits per heavy atom. The van der Waals surface area contributed by atoms with Gasteiger partial charge < -0.3 is 9.72 Å².